The summed E-state index contributed by atoms with van der Waals surface area (Å²) >= 11 is 5.92. The van der Waals surface area contributed by atoms with Crippen LogP contribution in [0.1, 0.15) is 31.2 Å². The normalized spacial score (nSPS) is 24.9. The lowest BCUT2D eigenvalue weighted by Crippen LogP contribution is -3.13. The fraction of sp³-hybridized carbons (Fsp3) is 0.579. The lowest BCUT2D eigenvalue weighted by molar-refractivity contribution is -0.917. The molecule has 2 atom stereocenters. The molecule has 1 heterocycles. The fourth-order valence-electron chi connectivity index (χ4n) is 4.05. The molecule has 1 amide bonds. The predicted molar refractivity (Wildman–Crippen MR) is 92.9 cm³/mol. The van der Waals surface area contributed by atoms with Gasteiger partial charge in [0.15, 0.2) is 0 Å². The van der Waals surface area contributed by atoms with Gasteiger partial charge >= 0.3 is 0 Å². The minimum Gasteiger partial charge on any atom is -0.550 e. The summed E-state index contributed by atoms with van der Waals surface area (Å²) in [5, 5.41) is 12.1. The van der Waals surface area contributed by atoms with Crippen molar-refractivity contribution in [3.63, 3.8) is 0 Å². The number of nitrogens with zero attached hydrogens (tertiary/aromatic N) is 1. The maximum atomic E-state index is 12.8. The molecule has 3 rings (SSSR count). The third kappa shape index (κ3) is 4.53. The van der Waals surface area contributed by atoms with Crippen molar-refractivity contribution in [1.82, 2.24) is 4.90 Å². The summed E-state index contributed by atoms with van der Waals surface area (Å²) in [6.45, 7) is 4.08. The topological polar surface area (TPSA) is 64.9 Å². The summed E-state index contributed by atoms with van der Waals surface area (Å²) in [6.07, 6.45) is 3.05. The molecule has 6 heteroatoms. The zero-order chi connectivity index (χ0) is 17.8. The predicted octanol–water partition coefficient (Wildman–Crippen LogP) is 0.123. The highest BCUT2D eigenvalue weighted by molar-refractivity contribution is 6.30. The average Bonchev–Trinajstić information content (AvgIpc) is 2.63. The standard InChI is InChI=1S/C19H25ClN2O3/c20-15-7-5-14(6-8-15)13-21-9-11-22(12-10-21)18(23)16-3-1-2-4-17(16)19(24)25/h5-8,16-17H,1-4,9-13H2,(H,24,25)/t16-,17-/m0/s1. The molecule has 0 radical (unpaired) electrons. The lowest BCUT2D eigenvalue weighted by Gasteiger charge is -2.38. The number of benzene rings is 1. The zero-order valence-corrected chi connectivity index (χ0v) is 15.1. The van der Waals surface area contributed by atoms with E-state index in [9.17, 15) is 14.7 Å². The van der Waals surface area contributed by atoms with Crippen LogP contribution in [0.15, 0.2) is 24.3 Å². The highest BCUT2D eigenvalue weighted by Crippen LogP contribution is 2.31. The summed E-state index contributed by atoms with van der Waals surface area (Å²) in [6, 6.07) is 7.89. The molecule has 2 aliphatic rings. The first-order valence-corrected chi connectivity index (χ1v) is 9.50. The third-order valence-corrected chi connectivity index (χ3v) is 5.79. The maximum absolute atomic E-state index is 12.8. The van der Waals surface area contributed by atoms with Gasteiger partial charge in [-0.05, 0) is 25.0 Å². The van der Waals surface area contributed by atoms with Gasteiger partial charge in [-0.1, -0.05) is 36.6 Å². The second kappa shape index (κ2) is 8.19. The first kappa shape index (κ1) is 18.2. The number of aliphatic carboxylic acids is 1. The van der Waals surface area contributed by atoms with Gasteiger partial charge in [0.1, 0.15) is 6.54 Å². The largest absolute Gasteiger partial charge is 0.550 e. The van der Waals surface area contributed by atoms with Crippen molar-refractivity contribution in [3.8, 4) is 0 Å². The number of carbonyl (C=O) groups excluding carboxylic acids is 2. The SMILES string of the molecule is O=C([O-])[C@H]1CCCC[C@@H]1C(=O)N1CC[NH+](Cc2ccc(Cl)cc2)CC1. The molecule has 1 aromatic carbocycles. The average molecular weight is 365 g/mol. The zero-order valence-electron chi connectivity index (χ0n) is 14.4. The minimum atomic E-state index is -1.06. The fourth-order valence-corrected chi connectivity index (χ4v) is 4.18. The van der Waals surface area contributed by atoms with Crippen LogP contribution >= 0.6 is 11.6 Å². The van der Waals surface area contributed by atoms with Gasteiger partial charge in [-0.25, -0.2) is 0 Å². The number of carbonyl (C=O) groups is 2. The van der Waals surface area contributed by atoms with Crippen LogP contribution in [0.5, 0.6) is 0 Å². The van der Waals surface area contributed by atoms with Gasteiger partial charge in [0.2, 0.25) is 5.91 Å². The van der Waals surface area contributed by atoms with E-state index in [-0.39, 0.29) is 5.91 Å². The van der Waals surface area contributed by atoms with Gasteiger partial charge in [0.25, 0.3) is 0 Å². The first-order chi connectivity index (χ1) is 12.0. The Hall–Kier alpha value is -1.59. The van der Waals surface area contributed by atoms with Crippen LogP contribution < -0.4 is 10.0 Å². The van der Waals surface area contributed by atoms with Crippen LogP contribution in [-0.2, 0) is 16.1 Å². The van der Waals surface area contributed by atoms with E-state index in [4.69, 9.17) is 11.6 Å². The Morgan fingerprint density at radius 3 is 2.28 bits per heavy atom. The molecule has 1 aromatic rings. The van der Waals surface area contributed by atoms with Gasteiger partial charge in [0.05, 0.1) is 26.2 Å². The number of carboxylic acids is 1. The Morgan fingerprint density at radius 1 is 1.08 bits per heavy atom. The molecule has 25 heavy (non-hydrogen) atoms. The molecule has 1 saturated carbocycles. The van der Waals surface area contributed by atoms with Crippen molar-refractivity contribution in [2.24, 2.45) is 11.8 Å². The van der Waals surface area contributed by atoms with Gasteiger partial charge in [0, 0.05) is 28.4 Å². The van der Waals surface area contributed by atoms with Crippen LogP contribution in [-0.4, -0.2) is 43.0 Å². The molecule has 1 aliphatic heterocycles. The summed E-state index contributed by atoms with van der Waals surface area (Å²) in [4.78, 5) is 27.4. The molecular formula is C19H25ClN2O3. The molecule has 0 aromatic heterocycles. The van der Waals surface area contributed by atoms with Crippen molar-refractivity contribution >= 4 is 23.5 Å². The summed E-state index contributed by atoms with van der Waals surface area (Å²) < 4.78 is 0. The second-order valence-electron chi connectivity index (χ2n) is 7.20. The van der Waals surface area contributed by atoms with E-state index >= 15 is 0 Å². The molecule has 0 spiro atoms. The van der Waals surface area contributed by atoms with Crippen molar-refractivity contribution in [3.05, 3.63) is 34.9 Å². The van der Waals surface area contributed by atoms with E-state index in [2.05, 4.69) is 0 Å². The monoisotopic (exact) mass is 364 g/mol. The van der Waals surface area contributed by atoms with Crippen molar-refractivity contribution in [1.29, 1.82) is 0 Å². The van der Waals surface area contributed by atoms with Crippen molar-refractivity contribution in [2.75, 3.05) is 26.2 Å². The number of amides is 1. The van der Waals surface area contributed by atoms with E-state index in [0.717, 1.165) is 37.5 Å². The second-order valence-corrected chi connectivity index (χ2v) is 7.63. The van der Waals surface area contributed by atoms with E-state index < -0.39 is 17.8 Å². The number of halogens is 1. The van der Waals surface area contributed by atoms with Gasteiger partial charge in [-0.2, -0.15) is 0 Å². The highest BCUT2D eigenvalue weighted by Gasteiger charge is 2.36. The number of carboxylic acid groups (broad SMARTS) is 1. The Kier molecular flexibility index (Phi) is 5.97. The Bertz CT molecular complexity index is 612. The van der Waals surface area contributed by atoms with Crippen LogP contribution in [0.3, 0.4) is 0 Å². The summed E-state index contributed by atoms with van der Waals surface area (Å²) in [5.74, 6) is -2.05. The molecule has 1 N–H and O–H groups in total. The molecule has 5 nitrogen and oxygen atoms in total. The van der Waals surface area contributed by atoms with Crippen molar-refractivity contribution < 1.29 is 19.6 Å². The van der Waals surface area contributed by atoms with Crippen LogP contribution in [0.2, 0.25) is 5.02 Å². The summed E-state index contributed by atoms with van der Waals surface area (Å²) in [5.41, 5.74) is 1.24. The van der Waals surface area contributed by atoms with Gasteiger partial charge in [-0.3, -0.25) is 4.79 Å². The highest BCUT2D eigenvalue weighted by atomic mass is 35.5. The number of hydrogen-bond acceptors (Lipinski definition) is 3. The van der Waals surface area contributed by atoms with Crippen LogP contribution in [0.4, 0.5) is 0 Å². The van der Waals surface area contributed by atoms with E-state index in [0.29, 0.717) is 25.9 Å². The van der Waals surface area contributed by atoms with Crippen LogP contribution in [0.25, 0.3) is 0 Å². The number of nitrogens with one attached hydrogen (secondary N) is 1. The molecule has 0 bridgehead atoms. The van der Waals surface area contributed by atoms with Gasteiger partial charge in [-0.15, -0.1) is 0 Å². The van der Waals surface area contributed by atoms with E-state index in [1.54, 1.807) is 0 Å². The quantitative estimate of drug-likeness (QED) is 0.825. The number of hydrogen-bond donors (Lipinski definition) is 1. The molecule has 0 unspecified atom stereocenters. The Morgan fingerprint density at radius 2 is 1.68 bits per heavy atom. The first-order valence-electron chi connectivity index (χ1n) is 9.12. The number of quaternary nitrogens is 1. The molecule has 2 fully saturated rings. The van der Waals surface area contributed by atoms with E-state index in [1.807, 2.05) is 29.2 Å². The Labute approximate surface area is 153 Å². The minimum absolute atomic E-state index is 0.0134. The molecule has 1 saturated heterocycles. The summed E-state index contributed by atoms with van der Waals surface area (Å²) in [7, 11) is 0. The van der Waals surface area contributed by atoms with Gasteiger partial charge < -0.3 is 19.7 Å². The lowest BCUT2D eigenvalue weighted by atomic mass is 9.78. The third-order valence-electron chi connectivity index (χ3n) is 5.54. The number of rotatable bonds is 4. The Balaban J connectivity index is 1.53. The van der Waals surface area contributed by atoms with E-state index in [1.165, 1.54) is 10.5 Å². The van der Waals surface area contributed by atoms with Crippen LogP contribution in [0, 0.1) is 11.8 Å². The van der Waals surface area contributed by atoms with Crippen molar-refractivity contribution in [2.45, 2.75) is 32.2 Å². The smallest absolute Gasteiger partial charge is 0.226 e. The number of piperazine rings is 1. The molecule has 136 valence electrons. The molecule has 1 aliphatic carbocycles. The molecular weight excluding hydrogens is 340 g/mol. The maximum Gasteiger partial charge on any atom is 0.226 e.